The van der Waals surface area contributed by atoms with Crippen molar-refractivity contribution in [3.05, 3.63) is 23.9 Å². The predicted octanol–water partition coefficient (Wildman–Crippen LogP) is 0.643. The molecular weight excluding hydrogens is 246 g/mol. The van der Waals surface area contributed by atoms with Crippen molar-refractivity contribution in [3.63, 3.8) is 0 Å². The molecule has 0 radical (unpaired) electrons. The Balaban J connectivity index is 1.68. The molecule has 1 amide bonds. The van der Waals surface area contributed by atoms with Crippen molar-refractivity contribution >= 4 is 11.7 Å². The fourth-order valence-corrected chi connectivity index (χ4v) is 2.60. The standard InChI is InChI=1S/C13H17N3O3/c14-11-10(2-1-5-15-11)12(17)16-6-3-13(4-7-16)18-8-9-19-13/h1-2,5H,3-4,6-9H2,(H2,14,15). The molecule has 19 heavy (non-hydrogen) atoms. The van der Waals surface area contributed by atoms with Crippen molar-refractivity contribution in [2.24, 2.45) is 0 Å². The van der Waals surface area contributed by atoms with E-state index in [2.05, 4.69) is 4.98 Å². The lowest BCUT2D eigenvalue weighted by atomic mass is 10.0. The minimum atomic E-state index is -0.461. The molecule has 0 saturated carbocycles. The van der Waals surface area contributed by atoms with Crippen molar-refractivity contribution in [2.75, 3.05) is 32.0 Å². The Morgan fingerprint density at radius 2 is 2.00 bits per heavy atom. The molecule has 0 unspecified atom stereocenters. The third-order valence-electron chi connectivity index (χ3n) is 3.69. The van der Waals surface area contributed by atoms with Gasteiger partial charge in [-0.05, 0) is 12.1 Å². The molecule has 1 aromatic rings. The highest BCUT2D eigenvalue weighted by Gasteiger charge is 2.41. The van der Waals surface area contributed by atoms with Gasteiger partial charge in [-0.25, -0.2) is 4.98 Å². The van der Waals surface area contributed by atoms with E-state index in [-0.39, 0.29) is 11.7 Å². The van der Waals surface area contributed by atoms with E-state index in [0.717, 1.165) is 0 Å². The number of hydrogen-bond acceptors (Lipinski definition) is 5. The Labute approximate surface area is 111 Å². The van der Waals surface area contributed by atoms with Gasteiger partial charge in [0.25, 0.3) is 5.91 Å². The Kier molecular flexibility index (Phi) is 3.12. The number of carbonyl (C=O) groups excluding carboxylic acids is 1. The number of aromatic nitrogens is 1. The molecular formula is C13H17N3O3. The van der Waals surface area contributed by atoms with Crippen LogP contribution in [-0.2, 0) is 9.47 Å². The molecule has 6 heteroatoms. The molecule has 0 aliphatic carbocycles. The second-order valence-electron chi connectivity index (χ2n) is 4.84. The van der Waals surface area contributed by atoms with Gasteiger partial charge in [0.2, 0.25) is 0 Å². The molecule has 0 bridgehead atoms. The number of pyridine rings is 1. The first-order chi connectivity index (χ1) is 9.20. The Hall–Kier alpha value is -1.66. The zero-order valence-corrected chi connectivity index (χ0v) is 10.7. The summed E-state index contributed by atoms with van der Waals surface area (Å²) >= 11 is 0. The smallest absolute Gasteiger partial charge is 0.257 e. The van der Waals surface area contributed by atoms with Gasteiger partial charge in [-0.1, -0.05) is 0 Å². The first-order valence-electron chi connectivity index (χ1n) is 6.48. The van der Waals surface area contributed by atoms with E-state index >= 15 is 0 Å². The Morgan fingerprint density at radius 1 is 1.32 bits per heavy atom. The highest BCUT2D eigenvalue weighted by Crippen LogP contribution is 2.31. The van der Waals surface area contributed by atoms with Crippen LogP contribution in [0.5, 0.6) is 0 Å². The van der Waals surface area contributed by atoms with Gasteiger partial charge in [-0.15, -0.1) is 0 Å². The van der Waals surface area contributed by atoms with Crippen LogP contribution in [-0.4, -0.2) is 47.9 Å². The monoisotopic (exact) mass is 263 g/mol. The SMILES string of the molecule is Nc1ncccc1C(=O)N1CCC2(CC1)OCCO2. The molecule has 3 rings (SSSR count). The maximum absolute atomic E-state index is 12.3. The molecule has 1 aromatic heterocycles. The van der Waals surface area contributed by atoms with E-state index in [9.17, 15) is 4.79 Å². The van der Waals surface area contributed by atoms with Crippen molar-refractivity contribution < 1.29 is 14.3 Å². The van der Waals surface area contributed by atoms with Crippen LogP contribution in [0.25, 0.3) is 0 Å². The highest BCUT2D eigenvalue weighted by atomic mass is 16.7. The van der Waals surface area contributed by atoms with Gasteiger partial charge in [0.15, 0.2) is 5.79 Å². The van der Waals surface area contributed by atoms with Gasteiger partial charge in [-0.2, -0.15) is 0 Å². The second kappa shape index (κ2) is 4.79. The summed E-state index contributed by atoms with van der Waals surface area (Å²) in [6.45, 7) is 2.52. The van der Waals surface area contributed by atoms with Gasteiger partial charge in [0.1, 0.15) is 5.82 Å². The van der Waals surface area contributed by atoms with Crippen LogP contribution in [0.15, 0.2) is 18.3 Å². The van der Waals surface area contributed by atoms with Gasteiger partial charge in [0.05, 0.1) is 18.8 Å². The molecule has 3 heterocycles. The quantitative estimate of drug-likeness (QED) is 0.804. The van der Waals surface area contributed by atoms with Crippen LogP contribution in [0.1, 0.15) is 23.2 Å². The first-order valence-corrected chi connectivity index (χ1v) is 6.48. The van der Waals surface area contributed by atoms with Gasteiger partial charge in [0, 0.05) is 32.1 Å². The number of likely N-dealkylation sites (tertiary alicyclic amines) is 1. The fourth-order valence-electron chi connectivity index (χ4n) is 2.60. The van der Waals surface area contributed by atoms with E-state index < -0.39 is 5.79 Å². The van der Waals surface area contributed by atoms with Crippen molar-refractivity contribution in [3.8, 4) is 0 Å². The minimum absolute atomic E-state index is 0.0709. The van der Waals surface area contributed by atoms with Crippen LogP contribution in [0.2, 0.25) is 0 Å². The zero-order chi connectivity index (χ0) is 13.3. The molecule has 2 aliphatic heterocycles. The summed E-state index contributed by atoms with van der Waals surface area (Å²) in [5, 5.41) is 0. The maximum Gasteiger partial charge on any atom is 0.257 e. The third-order valence-corrected chi connectivity index (χ3v) is 3.69. The molecule has 2 fully saturated rings. The normalized spacial score (nSPS) is 21.8. The van der Waals surface area contributed by atoms with E-state index in [0.29, 0.717) is 44.7 Å². The lowest BCUT2D eigenvalue weighted by Gasteiger charge is -2.37. The topological polar surface area (TPSA) is 77.7 Å². The maximum atomic E-state index is 12.3. The Morgan fingerprint density at radius 3 is 2.63 bits per heavy atom. The van der Waals surface area contributed by atoms with Crippen molar-refractivity contribution in [2.45, 2.75) is 18.6 Å². The number of nitrogens with zero attached hydrogens (tertiary/aromatic N) is 2. The van der Waals surface area contributed by atoms with Gasteiger partial charge < -0.3 is 20.1 Å². The number of hydrogen-bond donors (Lipinski definition) is 1. The largest absolute Gasteiger partial charge is 0.383 e. The van der Waals surface area contributed by atoms with Crippen LogP contribution in [0.4, 0.5) is 5.82 Å². The molecule has 2 N–H and O–H groups in total. The second-order valence-corrected chi connectivity index (χ2v) is 4.84. The lowest BCUT2D eigenvalue weighted by molar-refractivity contribution is -0.181. The van der Waals surface area contributed by atoms with Crippen molar-refractivity contribution in [1.29, 1.82) is 0 Å². The van der Waals surface area contributed by atoms with E-state index in [4.69, 9.17) is 15.2 Å². The minimum Gasteiger partial charge on any atom is -0.383 e. The van der Waals surface area contributed by atoms with E-state index in [1.807, 2.05) is 0 Å². The van der Waals surface area contributed by atoms with Crippen LogP contribution in [0, 0.1) is 0 Å². The molecule has 102 valence electrons. The molecule has 6 nitrogen and oxygen atoms in total. The lowest BCUT2D eigenvalue weighted by Crippen LogP contribution is -2.47. The molecule has 0 atom stereocenters. The Bertz CT molecular complexity index is 476. The summed E-state index contributed by atoms with van der Waals surface area (Å²) in [6.07, 6.45) is 3.00. The number of anilines is 1. The van der Waals surface area contributed by atoms with Gasteiger partial charge >= 0.3 is 0 Å². The number of nitrogen functional groups attached to an aromatic ring is 1. The van der Waals surface area contributed by atoms with Gasteiger partial charge in [-0.3, -0.25) is 4.79 Å². The molecule has 2 aliphatic rings. The summed E-state index contributed by atoms with van der Waals surface area (Å²) < 4.78 is 11.3. The zero-order valence-electron chi connectivity index (χ0n) is 10.7. The fraction of sp³-hybridized carbons (Fsp3) is 0.538. The molecule has 2 saturated heterocycles. The number of nitrogens with two attached hydrogens (primary N) is 1. The average molecular weight is 263 g/mol. The highest BCUT2D eigenvalue weighted by molar-refractivity contribution is 5.98. The van der Waals surface area contributed by atoms with Crippen LogP contribution >= 0.6 is 0 Å². The number of amides is 1. The first kappa shape index (κ1) is 12.4. The van der Waals surface area contributed by atoms with E-state index in [1.54, 1.807) is 23.2 Å². The average Bonchev–Trinajstić information content (AvgIpc) is 2.88. The summed E-state index contributed by atoms with van der Waals surface area (Å²) in [4.78, 5) is 18.1. The summed E-state index contributed by atoms with van der Waals surface area (Å²) in [6, 6.07) is 3.43. The van der Waals surface area contributed by atoms with E-state index in [1.165, 1.54) is 0 Å². The number of rotatable bonds is 1. The number of ether oxygens (including phenoxy) is 2. The summed E-state index contributed by atoms with van der Waals surface area (Å²) in [5.74, 6) is -0.253. The third kappa shape index (κ3) is 2.29. The van der Waals surface area contributed by atoms with Crippen LogP contribution in [0.3, 0.4) is 0 Å². The van der Waals surface area contributed by atoms with Crippen molar-refractivity contribution in [1.82, 2.24) is 9.88 Å². The summed E-state index contributed by atoms with van der Waals surface area (Å²) in [7, 11) is 0. The number of carbonyl (C=O) groups is 1. The number of piperidine rings is 1. The predicted molar refractivity (Wildman–Crippen MR) is 68.4 cm³/mol. The molecule has 1 spiro atoms. The molecule has 0 aromatic carbocycles. The van der Waals surface area contributed by atoms with Crippen LogP contribution < -0.4 is 5.73 Å². The summed E-state index contributed by atoms with van der Waals surface area (Å²) in [5.41, 5.74) is 6.20.